The van der Waals surface area contributed by atoms with E-state index in [1.807, 2.05) is 0 Å². The van der Waals surface area contributed by atoms with Gasteiger partial charge in [0.15, 0.2) is 0 Å². The number of non-ortho nitro benzene ring substituents is 2. The summed E-state index contributed by atoms with van der Waals surface area (Å²) in [5.74, 6) is -0.142. The van der Waals surface area contributed by atoms with Gasteiger partial charge in [-0.25, -0.2) is 0 Å². The van der Waals surface area contributed by atoms with E-state index >= 15 is 0 Å². The van der Waals surface area contributed by atoms with Crippen LogP contribution in [-0.2, 0) is 10.1 Å². The molecule has 0 amide bonds. The van der Waals surface area contributed by atoms with E-state index in [0.29, 0.717) is 0 Å². The van der Waals surface area contributed by atoms with Gasteiger partial charge in [-0.15, -0.1) is 0 Å². The molecule has 10 heteroatoms. The van der Waals surface area contributed by atoms with Crippen molar-refractivity contribution in [2.45, 2.75) is 4.90 Å². The fraction of sp³-hybridized carbons (Fsp3) is 0. The second kappa shape index (κ2) is 5.77. The zero-order chi connectivity index (χ0) is 16.3. The predicted octanol–water partition coefficient (Wildman–Crippen LogP) is 2.27. The van der Waals surface area contributed by atoms with Crippen LogP contribution in [0.2, 0.25) is 0 Å². The van der Waals surface area contributed by atoms with Gasteiger partial charge in [-0.05, 0) is 18.2 Å². The Morgan fingerprint density at radius 2 is 1.45 bits per heavy atom. The molecule has 0 aliphatic rings. The summed E-state index contributed by atoms with van der Waals surface area (Å²) in [6, 6.07) is 8.76. The first-order chi connectivity index (χ1) is 10.3. The van der Waals surface area contributed by atoms with Crippen LogP contribution in [0, 0.1) is 20.2 Å². The highest BCUT2D eigenvalue weighted by atomic mass is 32.2. The van der Waals surface area contributed by atoms with E-state index in [2.05, 4.69) is 0 Å². The Balaban J connectivity index is 2.29. The summed E-state index contributed by atoms with van der Waals surface area (Å²) in [5, 5.41) is 21.1. The topological polar surface area (TPSA) is 130 Å². The molecule has 2 rings (SSSR count). The fourth-order valence-electron chi connectivity index (χ4n) is 1.55. The second-order valence-corrected chi connectivity index (χ2v) is 5.59. The van der Waals surface area contributed by atoms with Crippen molar-refractivity contribution in [3.8, 4) is 5.75 Å². The first-order valence-electron chi connectivity index (χ1n) is 5.73. The SMILES string of the molecule is O=[N+]([O-])c1ccc(OS(=O)(=O)c2cccc([N+](=O)[O-])c2)cc1. The van der Waals surface area contributed by atoms with Crippen LogP contribution in [0.5, 0.6) is 5.75 Å². The molecule has 2 aromatic carbocycles. The molecule has 0 radical (unpaired) electrons. The molecule has 0 unspecified atom stereocenters. The Morgan fingerprint density at radius 1 is 0.864 bits per heavy atom. The average Bonchev–Trinajstić information content (AvgIpc) is 2.47. The number of nitro benzene ring substituents is 2. The maximum absolute atomic E-state index is 12.0. The van der Waals surface area contributed by atoms with Crippen molar-refractivity contribution >= 4 is 21.5 Å². The highest BCUT2D eigenvalue weighted by molar-refractivity contribution is 7.87. The van der Waals surface area contributed by atoms with Crippen LogP contribution in [0.4, 0.5) is 11.4 Å². The van der Waals surface area contributed by atoms with Crippen LogP contribution >= 0.6 is 0 Å². The third-order valence-corrected chi connectivity index (χ3v) is 3.81. The predicted molar refractivity (Wildman–Crippen MR) is 74.0 cm³/mol. The lowest BCUT2D eigenvalue weighted by Crippen LogP contribution is -2.10. The van der Waals surface area contributed by atoms with E-state index in [9.17, 15) is 28.6 Å². The quantitative estimate of drug-likeness (QED) is 0.468. The summed E-state index contributed by atoms with van der Waals surface area (Å²) >= 11 is 0. The number of hydrogen-bond acceptors (Lipinski definition) is 7. The highest BCUT2D eigenvalue weighted by Crippen LogP contribution is 2.23. The zero-order valence-corrected chi connectivity index (χ0v) is 11.6. The normalized spacial score (nSPS) is 10.9. The number of nitrogens with zero attached hydrogens (tertiary/aromatic N) is 2. The lowest BCUT2D eigenvalue weighted by atomic mass is 10.3. The van der Waals surface area contributed by atoms with Gasteiger partial charge in [0.05, 0.1) is 9.85 Å². The van der Waals surface area contributed by atoms with Gasteiger partial charge in [0.25, 0.3) is 11.4 Å². The zero-order valence-electron chi connectivity index (χ0n) is 10.8. The summed E-state index contributed by atoms with van der Waals surface area (Å²) in [7, 11) is -4.28. The molecular weight excluding hydrogens is 316 g/mol. The third-order valence-electron chi connectivity index (χ3n) is 2.57. The lowest BCUT2D eigenvalue weighted by molar-refractivity contribution is -0.385. The van der Waals surface area contributed by atoms with Crippen molar-refractivity contribution in [3.05, 3.63) is 68.8 Å². The molecule has 0 bridgehead atoms. The van der Waals surface area contributed by atoms with Gasteiger partial charge >= 0.3 is 10.1 Å². The molecule has 114 valence electrons. The monoisotopic (exact) mass is 324 g/mol. The Morgan fingerprint density at radius 3 is 2.00 bits per heavy atom. The van der Waals surface area contributed by atoms with Gasteiger partial charge in [-0.3, -0.25) is 20.2 Å². The highest BCUT2D eigenvalue weighted by Gasteiger charge is 2.20. The number of benzene rings is 2. The maximum Gasteiger partial charge on any atom is 0.339 e. The van der Waals surface area contributed by atoms with E-state index in [0.717, 1.165) is 42.5 Å². The van der Waals surface area contributed by atoms with Crippen LogP contribution in [0.1, 0.15) is 0 Å². The van der Waals surface area contributed by atoms with Crippen molar-refractivity contribution in [2.75, 3.05) is 0 Å². The fourth-order valence-corrected chi connectivity index (χ4v) is 2.52. The van der Waals surface area contributed by atoms with E-state index in [1.165, 1.54) is 6.07 Å². The van der Waals surface area contributed by atoms with Crippen molar-refractivity contribution in [1.82, 2.24) is 0 Å². The van der Waals surface area contributed by atoms with Crippen LogP contribution in [0.15, 0.2) is 53.4 Å². The third kappa shape index (κ3) is 3.35. The minimum Gasteiger partial charge on any atom is -0.379 e. The summed E-state index contributed by atoms with van der Waals surface area (Å²) < 4.78 is 28.8. The Bertz CT molecular complexity index is 831. The van der Waals surface area contributed by atoms with E-state index < -0.39 is 25.7 Å². The maximum atomic E-state index is 12.0. The largest absolute Gasteiger partial charge is 0.379 e. The molecule has 0 saturated heterocycles. The molecule has 0 fully saturated rings. The Kier molecular flexibility index (Phi) is 4.04. The first kappa shape index (κ1) is 15.4. The molecule has 0 aliphatic carbocycles. The number of hydrogen-bond donors (Lipinski definition) is 0. The molecule has 0 saturated carbocycles. The van der Waals surface area contributed by atoms with Gasteiger partial charge in [-0.1, -0.05) is 6.07 Å². The van der Waals surface area contributed by atoms with Crippen LogP contribution in [-0.4, -0.2) is 18.3 Å². The van der Waals surface area contributed by atoms with E-state index in [4.69, 9.17) is 4.18 Å². The van der Waals surface area contributed by atoms with Gasteiger partial charge in [-0.2, -0.15) is 8.42 Å². The van der Waals surface area contributed by atoms with Crippen molar-refractivity contribution in [3.63, 3.8) is 0 Å². The minimum absolute atomic E-state index is 0.142. The Hall–Kier alpha value is -3.01. The molecule has 0 aliphatic heterocycles. The summed E-state index contributed by atoms with van der Waals surface area (Å²) in [6.07, 6.45) is 0. The van der Waals surface area contributed by atoms with Gasteiger partial charge in [0.1, 0.15) is 10.6 Å². The molecule has 0 aromatic heterocycles. The standard InChI is InChI=1S/C12H8N2O7S/c15-13(16)9-4-6-11(7-5-9)21-22(19,20)12-3-1-2-10(8-12)14(17)18/h1-8H. The van der Waals surface area contributed by atoms with Crippen molar-refractivity contribution in [1.29, 1.82) is 0 Å². The average molecular weight is 324 g/mol. The molecule has 2 aromatic rings. The van der Waals surface area contributed by atoms with Crippen LogP contribution in [0.25, 0.3) is 0 Å². The van der Waals surface area contributed by atoms with Crippen LogP contribution in [0.3, 0.4) is 0 Å². The number of nitro groups is 2. The second-order valence-electron chi connectivity index (χ2n) is 4.04. The van der Waals surface area contributed by atoms with Crippen molar-refractivity contribution in [2.24, 2.45) is 0 Å². The van der Waals surface area contributed by atoms with Gasteiger partial charge in [0.2, 0.25) is 0 Å². The van der Waals surface area contributed by atoms with E-state index in [-0.39, 0.29) is 16.3 Å². The lowest BCUT2D eigenvalue weighted by Gasteiger charge is -2.06. The van der Waals surface area contributed by atoms with Crippen molar-refractivity contribution < 1.29 is 22.4 Å². The number of rotatable bonds is 5. The summed E-state index contributed by atoms with van der Waals surface area (Å²) in [6.45, 7) is 0. The molecule has 0 heterocycles. The van der Waals surface area contributed by atoms with Gasteiger partial charge in [0, 0.05) is 24.3 Å². The molecule has 0 N–H and O–H groups in total. The molecule has 22 heavy (non-hydrogen) atoms. The molecule has 0 atom stereocenters. The Labute approximate surface area is 124 Å². The molecule has 9 nitrogen and oxygen atoms in total. The summed E-state index contributed by atoms with van der Waals surface area (Å²) in [4.78, 5) is 19.4. The molecule has 0 spiro atoms. The minimum atomic E-state index is -4.28. The van der Waals surface area contributed by atoms with E-state index in [1.54, 1.807) is 0 Å². The smallest absolute Gasteiger partial charge is 0.339 e. The first-order valence-corrected chi connectivity index (χ1v) is 7.14. The molecular formula is C12H8N2O7S. The van der Waals surface area contributed by atoms with Gasteiger partial charge < -0.3 is 4.18 Å². The summed E-state index contributed by atoms with van der Waals surface area (Å²) in [5.41, 5.74) is -0.617. The van der Waals surface area contributed by atoms with Crippen LogP contribution < -0.4 is 4.18 Å².